The van der Waals surface area contributed by atoms with Crippen molar-refractivity contribution in [1.29, 1.82) is 5.41 Å². The largest absolute Gasteiger partial charge is 0.573 e. The average Bonchev–Trinajstić information content (AvgIpc) is 2.92. The van der Waals surface area contributed by atoms with E-state index in [1.54, 1.807) is 0 Å². The fourth-order valence-corrected chi connectivity index (χ4v) is 3.66. The van der Waals surface area contributed by atoms with Gasteiger partial charge in [-0.15, -0.1) is 26.3 Å². The summed E-state index contributed by atoms with van der Waals surface area (Å²) in [6, 6.07) is 14.5. The lowest BCUT2D eigenvalue weighted by Gasteiger charge is -2.11. The van der Waals surface area contributed by atoms with E-state index in [1.165, 1.54) is 0 Å². The molecule has 0 heterocycles. The lowest BCUT2D eigenvalue weighted by Crippen LogP contribution is -2.31. The second-order valence-corrected chi connectivity index (χ2v) is 8.58. The highest BCUT2D eigenvalue weighted by Crippen LogP contribution is 2.31. The molecular weight excluding hydrogens is 610 g/mol. The van der Waals surface area contributed by atoms with E-state index in [1.807, 2.05) is 0 Å². The van der Waals surface area contributed by atoms with Gasteiger partial charge in [-0.05, 0) is 59.7 Å². The molecule has 0 aliphatic rings. The summed E-state index contributed by atoms with van der Waals surface area (Å²) in [5, 5.41) is 7.70. The summed E-state index contributed by atoms with van der Waals surface area (Å²) >= 11 is 0. The van der Waals surface area contributed by atoms with Gasteiger partial charge in [-0.1, -0.05) is 24.3 Å². The Morgan fingerprint density at radius 1 is 0.523 bits per heavy atom. The topological polar surface area (TPSA) is 94.9 Å². The molecule has 0 bridgehead atoms. The lowest BCUT2D eigenvalue weighted by atomic mass is 10.0. The van der Waals surface area contributed by atoms with Crippen molar-refractivity contribution in [2.75, 3.05) is 0 Å². The molecule has 4 aromatic carbocycles. The summed E-state index contributed by atoms with van der Waals surface area (Å²) in [4.78, 5) is 24.5. The minimum Gasteiger partial charge on any atom is -0.422 e. The standard InChI is InChI=1S/C29H15F8NO6/c30-23-13-19(9-11-21(23)15-1-5-17(6-2-15)43-28(32,33)34)41-26(39)25(38)27(40)42-20-10-12-22(24(31)14-20)16-3-7-18(8-4-16)44-29(35,36)37/h1-14,38H. The molecule has 0 aliphatic heterocycles. The second kappa shape index (κ2) is 12.4. The van der Waals surface area contributed by atoms with Crippen LogP contribution in [0.1, 0.15) is 0 Å². The molecule has 4 rings (SSSR count). The van der Waals surface area contributed by atoms with Crippen molar-refractivity contribution in [2.45, 2.75) is 12.7 Å². The number of esters is 2. The Balaban J connectivity index is 1.37. The molecule has 0 unspecified atom stereocenters. The molecule has 44 heavy (non-hydrogen) atoms. The molecule has 0 amide bonds. The van der Waals surface area contributed by atoms with E-state index in [4.69, 9.17) is 14.9 Å². The van der Waals surface area contributed by atoms with Gasteiger partial charge in [-0.25, -0.2) is 18.4 Å². The van der Waals surface area contributed by atoms with Gasteiger partial charge in [-0.2, -0.15) is 0 Å². The van der Waals surface area contributed by atoms with Crippen molar-refractivity contribution in [3.8, 4) is 45.3 Å². The number of nitrogens with one attached hydrogen (secondary N) is 1. The van der Waals surface area contributed by atoms with E-state index < -0.39 is 65.0 Å². The Labute approximate surface area is 241 Å². The molecule has 0 atom stereocenters. The van der Waals surface area contributed by atoms with Gasteiger partial charge in [-0.3, -0.25) is 5.41 Å². The summed E-state index contributed by atoms with van der Waals surface area (Å²) in [5.41, 5.74) is -1.16. The Morgan fingerprint density at radius 2 is 0.841 bits per heavy atom. The Bertz CT molecular complexity index is 1580. The molecule has 0 spiro atoms. The first kappa shape index (κ1) is 31.5. The van der Waals surface area contributed by atoms with Gasteiger partial charge in [0, 0.05) is 23.3 Å². The van der Waals surface area contributed by atoms with E-state index in [0.29, 0.717) is 0 Å². The van der Waals surface area contributed by atoms with Gasteiger partial charge in [0.25, 0.3) is 0 Å². The summed E-state index contributed by atoms with van der Waals surface area (Å²) in [6.45, 7) is 0. The number of hydrogen-bond donors (Lipinski definition) is 1. The molecule has 7 nitrogen and oxygen atoms in total. The number of carbonyl (C=O) groups excluding carboxylic acids is 2. The van der Waals surface area contributed by atoms with Crippen LogP contribution >= 0.6 is 0 Å². The van der Waals surface area contributed by atoms with E-state index >= 15 is 0 Å². The predicted octanol–water partition coefficient (Wildman–Crippen LogP) is 7.63. The van der Waals surface area contributed by atoms with Gasteiger partial charge in [0.05, 0.1) is 0 Å². The molecule has 0 aromatic heterocycles. The first-order valence-electron chi connectivity index (χ1n) is 11.9. The molecule has 1 N–H and O–H groups in total. The highest BCUT2D eigenvalue weighted by Gasteiger charge is 2.32. The average molecular weight is 625 g/mol. The summed E-state index contributed by atoms with van der Waals surface area (Å²) < 4.78 is 120. The van der Waals surface area contributed by atoms with Crippen LogP contribution in [0.3, 0.4) is 0 Å². The summed E-state index contributed by atoms with van der Waals surface area (Å²) in [5.74, 6) is -6.89. The Kier molecular flexibility index (Phi) is 8.87. The zero-order valence-electron chi connectivity index (χ0n) is 21.6. The van der Waals surface area contributed by atoms with Crippen molar-refractivity contribution in [3.63, 3.8) is 0 Å². The molecule has 228 valence electrons. The van der Waals surface area contributed by atoms with Crippen LogP contribution < -0.4 is 18.9 Å². The van der Waals surface area contributed by atoms with Gasteiger partial charge < -0.3 is 18.9 Å². The van der Waals surface area contributed by atoms with Crippen LogP contribution in [-0.2, 0) is 9.59 Å². The Morgan fingerprint density at radius 3 is 1.14 bits per heavy atom. The third kappa shape index (κ3) is 8.30. The minimum absolute atomic E-state index is 0.0751. The number of carbonyl (C=O) groups is 2. The number of halogens is 8. The lowest BCUT2D eigenvalue weighted by molar-refractivity contribution is -0.275. The van der Waals surface area contributed by atoms with Crippen molar-refractivity contribution in [3.05, 3.63) is 96.6 Å². The van der Waals surface area contributed by atoms with Gasteiger partial charge in [0.1, 0.15) is 34.6 Å². The molecule has 4 aromatic rings. The van der Waals surface area contributed by atoms with Crippen LogP contribution in [0.15, 0.2) is 84.9 Å². The van der Waals surface area contributed by atoms with Gasteiger partial charge >= 0.3 is 24.7 Å². The SMILES string of the molecule is N=C(C(=O)Oc1ccc(-c2ccc(OC(F)(F)F)cc2)c(F)c1)C(=O)Oc1ccc(-c2ccc(OC(F)(F)F)cc2)c(F)c1. The number of ether oxygens (including phenoxy) is 4. The fraction of sp³-hybridized carbons (Fsp3) is 0.0690. The third-order valence-electron chi connectivity index (χ3n) is 5.51. The zero-order chi connectivity index (χ0) is 32.2. The molecule has 0 aliphatic carbocycles. The van der Waals surface area contributed by atoms with Crippen molar-refractivity contribution < 1.29 is 63.7 Å². The van der Waals surface area contributed by atoms with E-state index in [0.717, 1.165) is 84.9 Å². The monoisotopic (exact) mass is 625 g/mol. The van der Waals surface area contributed by atoms with Gasteiger partial charge in [0.15, 0.2) is 0 Å². The number of benzene rings is 4. The van der Waals surface area contributed by atoms with E-state index in [2.05, 4.69) is 9.47 Å². The number of hydrogen-bond acceptors (Lipinski definition) is 7. The summed E-state index contributed by atoms with van der Waals surface area (Å²) in [7, 11) is 0. The highest BCUT2D eigenvalue weighted by molar-refractivity contribution is 6.62. The quantitative estimate of drug-likeness (QED) is 0.0712. The van der Waals surface area contributed by atoms with Crippen LogP contribution in [-0.4, -0.2) is 30.4 Å². The third-order valence-corrected chi connectivity index (χ3v) is 5.51. The normalized spacial score (nSPS) is 11.5. The maximum absolute atomic E-state index is 14.6. The first-order valence-corrected chi connectivity index (χ1v) is 11.9. The maximum atomic E-state index is 14.6. The molecule has 0 saturated carbocycles. The van der Waals surface area contributed by atoms with E-state index in [-0.39, 0.29) is 22.3 Å². The molecule has 0 radical (unpaired) electrons. The molecule has 15 heteroatoms. The number of alkyl halides is 6. The zero-order valence-corrected chi connectivity index (χ0v) is 21.6. The van der Waals surface area contributed by atoms with Crippen LogP contribution in [0.4, 0.5) is 35.1 Å². The highest BCUT2D eigenvalue weighted by atomic mass is 19.4. The molecule has 0 fully saturated rings. The predicted molar refractivity (Wildman–Crippen MR) is 136 cm³/mol. The maximum Gasteiger partial charge on any atom is 0.573 e. The van der Waals surface area contributed by atoms with E-state index in [9.17, 15) is 44.7 Å². The minimum atomic E-state index is -4.91. The van der Waals surface area contributed by atoms with Crippen molar-refractivity contribution in [1.82, 2.24) is 0 Å². The number of rotatable bonds is 8. The van der Waals surface area contributed by atoms with Crippen LogP contribution in [0.25, 0.3) is 22.3 Å². The smallest absolute Gasteiger partial charge is 0.422 e. The van der Waals surface area contributed by atoms with Crippen molar-refractivity contribution >= 4 is 17.7 Å². The first-order chi connectivity index (χ1) is 20.6. The summed E-state index contributed by atoms with van der Waals surface area (Å²) in [6.07, 6.45) is -9.81. The van der Waals surface area contributed by atoms with Gasteiger partial charge in [0.2, 0.25) is 5.71 Å². The molecular formula is C29H15F8NO6. The van der Waals surface area contributed by atoms with Crippen LogP contribution in [0.5, 0.6) is 23.0 Å². The second-order valence-electron chi connectivity index (χ2n) is 8.58. The Hall–Kier alpha value is -5.47. The van der Waals surface area contributed by atoms with Crippen LogP contribution in [0, 0.1) is 17.0 Å². The van der Waals surface area contributed by atoms with Crippen molar-refractivity contribution in [2.24, 2.45) is 0 Å². The van der Waals surface area contributed by atoms with Crippen LogP contribution in [0.2, 0.25) is 0 Å². The molecule has 0 saturated heterocycles. The fourth-order valence-electron chi connectivity index (χ4n) is 3.66.